The molecule has 0 aliphatic rings. The topological polar surface area (TPSA) is 45.1 Å². The summed E-state index contributed by atoms with van der Waals surface area (Å²) in [7, 11) is 0. The summed E-state index contributed by atoms with van der Waals surface area (Å²) < 4.78 is 0. The lowest BCUT2D eigenvalue weighted by molar-refractivity contribution is 0.462. The van der Waals surface area contributed by atoms with Crippen LogP contribution in [-0.4, -0.2) is 16.6 Å². The van der Waals surface area contributed by atoms with E-state index in [0.717, 1.165) is 29.4 Å². The predicted molar refractivity (Wildman–Crippen MR) is 85.7 cm³/mol. The lowest BCUT2D eigenvalue weighted by atomic mass is 10.3. The lowest BCUT2D eigenvalue weighted by Gasteiger charge is -2.09. The van der Waals surface area contributed by atoms with Crippen molar-refractivity contribution in [2.24, 2.45) is 0 Å². The second kappa shape index (κ2) is 7.41. The van der Waals surface area contributed by atoms with Crippen LogP contribution >= 0.6 is 23.4 Å². The van der Waals surface area contributed by atoms with Gasteiger partial charge >= 0.3 is 0 Å². The van der Waals surface area contributed by atoms with Crippen LogP contribution in [0.4, 0.5) is 5.82 Å². The third-order valence-corrected chi connectivity index (χ3v) is 4.12. The molecule has 20 heavy (non-hydrogen) atoms. The minimum atomic E-state index is 0.286. The van der Waals surface area contributed by atoms with Crippen LogP contribution in [0.15, 0.2) is 41.3 Å². The van der Waals surface area contributed by atoms with Gasteiger partial charge in [0, 0.05) is 17.2 Å². The molecule has 0 atom stereocenters. The van der Waals surface area contributed by atoms with Crippen molar-refractivity contribution < 1.29 is 5.11 Å². The monoisotopic (exact) mass is 308 g/mol. The molecule has 2 N–H and O–H groups in total. The largest absolute Gasteiger partial charge is 0.507 e. The number of phenols is 1. The molecule has 106 valence electrons. The third-order valence-electron chi connectivity index (χ3n) is 2.70. The van der Waals surface area contributed by atoms with Crippen molar-refractivity contribution in [2.45, 2.75) is 24.0 Å². The van der Waals surface area contributed by atoms with E-state index in [9.17, 15) is 5.11 Å². The maximum atomic E-state index is 9.74. The number of aromatic hydroxyl groups is 1. The molecule has 0 saturated carbocycles. The Bertz CT molecular complexity index is 578. The van der Waals surface area contributed by atoms with Crippen LogP contribution in [0.25, 0.3) is 0 Å². The normalized spacial score (nSPS) is 10.5. The molecule has 1 aromatic carbocycles. The predicted octanol–water partition coefficient (Wildman–Crippen LogP) is 4.55. The number of rotatable bonds is 6. The zero-order valence-corrected chi connectivity index (χ0v) is 12.8. The Morgan fingerprint density at radius 2 is 2.05 bits per heavy atom. The molecule has 1 heterocycles. The van der Waals surface area contributed by atoms with Gasteiger partial charge in [0.05, 0.1) is 10.7 Å². The number of halogens is 1. The molecular weight excluding hydrogens is 292 g/mol. The highest BCUT2D eigenvalue weighted by Gasteiger charge is 2.07. The van der Waals surface area contributed by atoms with Gasteiger partial charge in [0.2, 0.25) is 0 Å². The van der Waals surface area contributed by atoms with Gasteiger partial charge in [-0.25, -0.2) is 4.98 Å². The second-order valence-electron chi connectivity index (χ2n) is 4.31. The molecule has 2 aromatic rings. The fraction of sp³-hybridized carbons (Fsp3) is 0.267. The highest BCUT2D eigenvalue weighted by atomic mass is 35.5. The third kappa shape index (κ3) is 4.05. The first kappa shape index (κ1) is 15.0. The van der Waals surface area contributed by atoms with Crippen molar-refractivity contribution in [2.75, 3.05) is 11.9 Å². The minimum Gasteiger partial charge on any atom is -0.507 e. The Balaban J connectivity index is 2.07. The summed E-state index contributed by atoms with van der Waals surface area (Å²) in [6.07, 6.45) is 1.05. The number of pyridine rings is 1. The number of para-hydroxylation sites is 1. The molecule has 0 spiro atoms. The zero-order valence-electron chi connectivity index (χ0n) is 11.3. The molecule has 1 aromatic heterocycles. The number of nitrogens with one attached hydrogen (secondary N) is 1. The molecule has 2 rings (SSSR count). The van der Waals surface area contributed by atoms with E-state index in [0.29, 0.717) is 10.8 Å². The first-order valence-corrected chi connectivity index (χ1v) is 7.87. The van der Waals surface area contributed by atoms with Crippen LogP contribution in [0.1, 0.15) is 19.0 Å². The van der Waals surface area contributed by atoms with Crippen molar-refractivity contribution in [3.63, 3.8) is 0 Å². The van der Waals surface area contributed by atoms with E-state index in [4.69, 9.17) is 11.6 Å². The summed E-state index contributed by atoms with van der Waals surface area (Å²) in [6, 6.07) is 11.0. The molecule has 0 aliphatic carbocycles. The van der Waals surface area contributed by atoms with E-state index in [2.05, 4.69) is 17.2 Å². The summed E-state index contributed by atoms with van der Waals surface area (Å²) in [5.74, 6) is 1.75. The van der Waals surface area contributed by atoms with Gasteiger partial charge in [0.1, 0.15) is 11.6 Å². The van der Waals surface area contributed by atoms with Gasteiger partial charge in [-0.15, -0.1) is 11.8 Å². The number of anilines is 1. The summed E-state index contributed by atoms with van der Waals surface area (Å²) in [4.78, 5) is 5.34. The van der Waals surface area contributed by atoms with Gasteiger partial charge in [-0.2, -0.15) is 0 Å². The smallest absolute Gasteiger partial charge is 0.129 e. The first-order chi connectivity index (χ1) is 9.70. The number of thioether (sulfide) groups is 1. The number of hydrogen-bond acceptors (Lipinski definition) is 4. The van der Waals surface area contributed by atoms with Crippen LogP contribution in [0.5, 0.6) is 5.75 Å². The van der Waals surface area contributed by atoms with Crippen LogP contribution < -0.4 is 5.32 Å². The highest BCUT2D eigenvalue weighted by Crippen LogP contribution is 2.31. The Morgan fingerprint density at radius 1 is 1.25 bits per heavy atom. The maximum Gasteiger partial charge on any atom is 0.129 e. The molecule has 0 unspecified atom stereocenters. The quantitative estimate of drug-likeness (QED) is 0.768. The molecule has 0 fully saturated rings. The first-order valence-electron chi connectivity index (χ1n) is 6.50. The minimum absolute atomic E-state index is 0.286. The van der Waals surface area contributed by atoms with Crippen molar-refractivity contribution in [1.29, 1.82) is 0 Å². The van der Waals surface area contributed by atoms with Crippen molar-refractivity contribution in [3.05, 3.63) is 47.1 Å². The summed E-state index contributed by atoms with van der Waals surface area (Å²) >= 11 is 7.69. The van der Waals surface area contributed by atoms with Gasteiger partial charge in [-0.3, -0.25) is 0 Å². The van der Waals surface area contributed by atoms with Crippen LogP contribution in [0, 0.1) is 0 Å². The Morgan fingerprint density at radius 3 is 2.80 bits per heavy atom. The van der Waals surface area contributed by atoms with Crippen molar-refractivity contribution in [3.8, 4) is 5.75 Å². The average Bonchev–Trinajstić information content (AvgIpc) is 2.46. The molecule has 0 bridgehead atoms. The molecule has 5 heteroatoms. The Labute approximate surface area is 128 Å². The van der Waals surface area contributed by atoms with Crippen LogP contribution in [0.3, 0.4) is 0 Å². The summed E-state index contributed by atoms with van der Waals surface area (Å²) in [6.45, 7) is 3.00. The van der Waals surface area contributed by atoms with E-state index in [1.165, 1.54) is 11.8 Å². The second-order valence-corrected chi connectivity index (χ2v) is 5.73. The van der Waals surface area contributed by atoms with E-state index in [-0.39, 0.29) is 5.75 Å². The molecule has 0 radical (unpaired) electrons. The molecule has 0 saturated heterocycles. The lowest BCUT2D eigenvalue weighted by Crippen LogP contribution is -2.03. The zero-order chi connectivity index (χ0) is 14.4. The molecular formula is C15H17ClN2OS. The molecule has 0 amide bonds. The van der Waals surface area contributed by atoms with Crippen LogP contribution in [0.2, 0.25) is 5.02 Å². The fourth-order valence-electron chi connectivity index (χ4n) is 1.66. The SMILES string of the molecule is CCCNc1ccc(Cl)c(CSc2ccccc2O)n1. The van der Waals surface area contributed by atoms with Gasteiger partial charge < -0.3 is 10.4 Å². The Kier molecular flexibility index (Phi) is 5.56. The van der Waals surface area contributed by atoms with E-state index >= 15 is 0 Å². The summed E-state index contributed by atoms with van der Waals surface area (Å²) in [5.41, 5.74) is 0.820. The number of nitrogens with zero attached hydrogens (tertiary/aromatic N) is 1. The van der Waals surface area contributed by atoms with Gasteiger partial charge in [0.25, 0.3) is 0 Å². The van der Waals surface area contributed by atoms with Crippen molar-refractivity contribution >= 4 is 29.2 Å². The van der Waals surface area contributed by atoms with Crippen LogP contribution in [-0.2, 0) is 5.75 Å². The number of hydrogen-bond donors (Lipinski definition) is 2. The van der Waals surface area contributed by atoms with Crippen molar-refractivity contribution in [1.82, 2.24) is 4.98 Å². The number of benzene rings is 1. The molecule has 0 aliphatic heterocycles. The summed E-state index contributed by atoms with van der Waals surface area (Å²) in [5, 5.41) is 13.6. The Hall–Kier alpha value is -1.39. The fourth-order valence-corrected chi connectivity index (χ4v) is 2.82. The molecule has 3 nitrogen and oxygen atoms in total. The van der Waals surface area contributed by atoms with Gasteiger partial charge in [0.15, 0.2) is 0 Å². The van der Waals surface area contributed by atoms with Gasteiger partial charge in [-0.05, 0) is 30.7 Å². The van der Waals surface area contributed by atoms with E-state index < -0.39 is 0 Å². The average molecular weight is 309 g/mol. The highest BCUT2D eigenvalue weighted by molar-refractivity contribution is 7.98. The number of phenolic OH excluding ortho intramolecular Hbond substituents is 1. The van der Waals surface area contributed by atoms with E-state index in [1.54, 1.807) is 12.1 Å². The van der Waals surface area contributed by atoms with Gasteiger partial charge in [-0.1, -0.05) is 30.7 Å². The van der Waals surface area contributed by atoms with E-state index in [1.807, 2.05) is 24.3 Å². The standard InChI is InChI=1S/C15H17ClN2OS/c1-2-9-17-15-8-7-11(16)12(18-15)10-20-14-6-4-3-5-13(14)19/h3-8,19H,2,9-10H2,1H3,(H,17,18). The maximum absolute atomic E-state index is 9.74. The number of aromatic nitrogens is 1.